The van der Waals surface area contributed by atoms with E-state index in [4.69, 9.17) is 22.1 Å². The van der Waals surface area contributed by atoms with Crippen LogP contribution in [0.2, 0.25) is 5.02 Å². The molecule has 0 aliphatic rings. The molecule has 5 heteroatoms. The van der Waals surface area contributed by atoms with Crippen LogP contribution in [0.15, 0.2) is 36.4 Å². The fourth-order valence-corrected chi connectivity index (χ4v) is 2.25. The van der Waals surface area contributed by atoms with Crippen LogP contribution in [0.1, 0.15) is 5.56 Å². The summed E-state index contributed by atoms with van der Waals surface area (Å²) in [6, 6.07) is 10.4. The van der Waals surface area contributed by atoms with E-state index < -0.39 is 5.82 Å². The second kappa shape index (κ2) is 6.01. The minimum atomic E-state index is -0.468. The van der Waals surface area contributed by atoms with E-state index in [2.05, 4.69) is 0 Å². The highest BCUT2D eigenvalue weighted by atomic mass is 35.5. The van der Waals surface area contributed by atoms with Crippen LogP contribution < -0.4 is 15.4 Å². The number of nitrogens with two attached hydrogens (primary N) is 1. The molecular weight excluding hydrogens is 279 g/mol. The Morgan fingerprint density at radius 2 is 2.05 bits per heavy atom. The number of methoxy groups -OCH3 is 1. The summed E-state index contributed by atoms with van der Waals surface area (Å²) >= 11 is 5.96. The molecule has 0 spiro atoms. The van der Waals surface area contributed by atoms with Crippen LogP contribution in [0.3, 0.4) is 0 Å². The van der Waals surface area contributed by atoms with Gasteiger partial charge in [-0.1, -0.05) is 23.7 Å². The first-order valence-electron chi connectivity index (χ1n) is 6.10. The number of rotatable bonds is 4. The molecule has 0 aliphatic heterocycles. The first-order valence-corrected chi connectivity index (χ1v) is 6.47. The zero-order chi connectivity index (χ0) is 14.7. The van der Waals surface area contributed by atoms with Gasteiger partial charge in [-0.2, -0.15) is 0 Å². The molecular formula is C15H16ClFN2O. The Balaban J connectivity index is 2.27. The normalized spacial score (nSPS) is 10.4. The second-order valence-corrected chi connectivity index (χ2v) is 4.97. The Morgan fingerprint density at radius 1 is 1.30 bits per heavy atom. The van der Waals surface area contributed by atoms with Crippen LogP contribution in [-0.2, 0) is 6.54 Å². The van der Waals surface area contributed by atoms with E-state index in [1.165, 1.54) is 13.2 Å². The molecule has 0 aromatic heterocycles. The number of benzene rings is 2. The van der Waals surface area contributed by atoms with Gasteiger partial charge in [-0.15, -0.1) is 0 Å². The lowest BCUT2D eigenvalue weighted by Crippen LogP contribution is -2.18. The predicted molar refractivity (Wildman–Crippen MR) is 80.9 cm³/mol. The number of nitrogens with zero attached hydrogens (tertiary/aromatic N) is 1. The van der Waals surface area contributed by atoms with Crippen LogP contribution in [0.25, 0.3) is 0 Å². The maximum Gasteiger partial charge on any atom is 0.167 e. The average Bonchev–Trinajstić information content (AvgIpc) is 2.38. The van der Waals surface area contributed by atoms with Crippen molar-refractivity contribution < 1.29 is 9.13 Å². The fraction of sp³-hybridized carbons (Fsp3) is 0.200. The van der Waals surface area contributed by atoms with Gasteiger partial charge in [-0.3, -0.25) is 0 Å². The van der Waals surface area contributed by atoms with Crippen LogP contribution in [0.5, 0.6) is 5.75 Å². The Morgan fingerprint density at radius 3 is 2.70 bits per heavy atom. The van der Waals surface area contributed by atoms with Gasteiger partial charge in [0.1, 0.15) is 0 Å². The van der Waals surface area contributed by atoms with Gasteiger partial charge < -0.3 is 15.4 Å². The van der Waals surface area contributed by atoms with E-state index >= 15 is 0 Å². The van der Waals surface area contributed by atoms with Crippen molar-refractivity contribution in [3.05, 3.63) is 52.8 Å². The number of ether oxygens (including phenoxy) is 1. The molecule has 2 N–H and O–H groups in total. The molecule has 0 amide bonds. The summed E-state index contributed by atoms with van der Waals surface area (Å²) < 4.78 is 18.5. The van der Waals surface area contributed by atoms with Gasteiger partial charge in [0, 0.05) is 30.7 Å². The standard InChI is InChI=1S/C15H16ClFN2O/c1-19(9-10-4-3-5-11(16)6-10)14-8-15(20-2)12(17)7-13(14)18/h3-8H,9,18H2,1-2H3. The predicted octanol–water partition coefficient (Wildman–Crippen LogP) is 3.71. The zero-order valence-corrected chi connectivity index (χ0v) is 12.1. The molecule has 0 bridgehead atoms. The molecule has 2 aromatic carbocycles. The summed E-state index contributed by atoms with van der Waals surface area (Å²) in [4.78, 5) is 1.92. The van der Waals surface area contributed by atoms with E-state index in [1.807, 2.05) is 36.2 Å². The van der Waals surface area contributed by atoms with Crippen molar-refractivity contribution in [2.24, 2.45) is 0 Å². The maximum absolute atomic E-state index is 13.5. The SMILES string of the molecule is COc1cc(N(C)Cc2cccc(Cl)c2)c(N)cc1F. The smallest absolute Gasteiger partial charge is 0.167 e. The van der Waals surface area contributed by atoms with Gasteiger partial charge in [-0.25, -0.2) is 4.39 Å². The number of hydrogen-bond donors (Lipinski definition) is 1. The largest absolute Gasteiger partial charge is 0.494 e. The maximum atomic E-state index is 13.5. The lowest BCUT2D eigenvalue weighted by atomic mass is 10.2. The van der Waals surface area contributed by atoms with E-state index in [1.54, 1.807) is 6.07 Å². The van der Waals surface area contributed by atoms with Crippen LogP contribution in [0, 0.1) is 5.82 Å². The van der Waals surface area contributed by atoms with E-state index in [9.17, 15) is 4.39 Å². The van der Waals surface area contributed by atoms with Crippen molar-refractivity contribution in [2.45, 2.75) is 6.54 Å². The quantitative estimate of drug-likeness (QED) is 0.874. The van der Waals surface area contributed by atoms with E-state index in [0.717, 1.165) is 5.56 Å². The molecule has 0 saturated carbocycles. The van der Waals surface area contributed by atoms with Crippen molar-refractivity contribution >= 4 is 23.0 Å². The molecule has 2 aromatic rings. The highest BCUT2D eigenvalue weighted by Gasteiger charge is 2.12. The van der Waals surface area contributed by atoms with Gasteiger partial charge in [0.15, 0.2) is 11.6 Å². The zero-order valence-electron chi connectivity index (χ0n) is 11.4. The monoisotopic (exact) mass is 294 g/mol. The Kier molecular flexibility index (Phi) is 4.35. The highest BCUT2D eigenvalue weighted by molar-refractivity contribution is 6.30. The van der Waals surface area contributed by atoms with Gasteiger partial charge in [0.05, 0.1) is 18.5 Å². The number of hydrogen-bond acceptors (Lipinski definition) is 3. The fourth-order valence-electron chi connectivity index (χ4n) is 2.04. The second-order valence-electron chi connectivity index (χ2n) is 4.53. The molecule has 0 heterocycles. The summed E-state index contributed by atoms with van der Waals surface area (Å²) in [5, 5.41) is 0.681. The van der Waals surface area contributed by atoms with Crippen molar-refractivity contribution in [1.29, 1.82) is 0 Å². The number of anilines is 2. The third-order valence-corrected chi connectivity index (χ3v) is 3.26. The molecule has 2 rings (SSSR count). The van der Waals surface area contributed by atoms with Gasteiger partial charge in [0.2, 0.25) is 0 Å². The van der Waals surface area contributed by atoms with Gasteiger partial charge in [-0.05, 0) is 17.7 Å². The molecule has 0 unspecified atom stereocenters. The summed E-state index contributed by atoms with van der Waals surface area (Å²) in [7, 11) is 3.30. The minimum Gasteiger partial charge on any atom is -0.494 e. The topological polar surface area (TPSA) is 38.5 Å². The number of halogens is 2. The lowest BCUT2D eigenvalue weighted by molar-refractivity contribution is 0.387. The van der Waals surface area contributed by atoms with E-state index in [-0.39, 0.29) is 5.75 Å². The first-order chi connectivity index (χ1) is 9.51. The highest BCUT2D eigenvalue weighted by Crippen LogP contribution is 2.31. The lowest BCUT2D eigenvalue weighted by Gasteiger charge is -2.22. The van der Waals surface area contributed by atoms with Crippen LogP contribution >= 0.6 is 11.6 Å². The summed E-state index contributed by atoms with van der Waals surface area (Å²) in [5.74, 6) is -0.294. The molecule has 0 radical (unpaired) electrons. The van der Waals surface area contributed by atoms with E-state index in [0.29, 0.717) is 22.9 Å². The van der Waals surface area contributed by atoms with Crippen molar-refractivity contribution in [3.8, 4) is 5.75 Å². The average molecular weight is 295 g/mol. The summed E-state index contributed by atoms with van der Waals surface area (Å²) in [5.41, 5.74) is 7.99. The van der Waals surface area contributed by atoms with Gasteiger partial charge >= 0.3 is 0 Å². The molecule has 0 aliphatic carbocycles. The molecule has 3 nitrogen and oxygen atoms in total. The summed E-state index contributed by atoms with van der Waals surface area (Å²) in [6.07, 6.45) is 0. The third-order valence-electron chi connectivity index (χ3n) is 3.02. The van der Waals surface area contributed by atoms with Crippen molar-refractivity contribution in [2.75, 3.05) is 24.8 Å². The van der Waals surface area contributed by atoms with Crippen molar-refractivity contribution in [1.82, 2.24) is 0 Å². The Hall–Kier alpha value is -1.94. The molecule has 0 atom stereocenters. The molecule has 20 heavy (non-hydrogen) atoms. The minimum absolute atomic E-state index is 0.173. The van der Waals surface area contributed by atoms with Gasteiger partial charge in [0.25, 0.3) is 0 Å². The Labute approximate surface area is 122 Å². The third kappa shape index (κ3) is 3.14. The summed E-state index contributed by atoms with van der Waals surface area (Å²) in [6.45, 7) is 0.611. The molecule has 106 valence electrons. The Bertz CT molecular complexity index is 619. The first kappa shape index (κ1) is 14.5. The number of nitrogen functional groups attached to an aromatic ring is 1. The molecule has 0 saturated heterocycles. The van der Waals surface area contributed by atoms with Crippen LogP contribution in [0.4, 0.5) is 15.8 Å². The van der Waals surface area contributed by atoms with Crippen LogP contribution in [-0.4, -0.2) is 14.2 Å². The molecule has 0 fully saturated rings. The van der Waals surface area contributed by atoms with Crippen molar-refractivity contribution in [3.63, 3.8) is 0 Å².